The average molecular weight is 492 g/mol. The van der Waals surface area contributed by atoms with Gasteiger partial charge in [0.15, 0.2) is 0 Å². The van der Waals surface area contributed by atoms with Gasteiger partial charge in [0.05, 0.1) is 35.2 Å². The zero-order valence-electron chi connectivity index (χ0n) is 19.1. The second-order valence-electron chi connectivity index (χ2n) is 8.84. The van der Waals surface area contributed by atoms with Gasteiger partial charge in [-0.15, -0.1) is 0 Å². The largest absolute Gasteiger partial charge is 0.497 e. The Balaban J connectivity index is 1.51. The first kappa shape index (κ1) is 23.2. The minimum absolute atomic E-state index is 0.0201. The van der Waals surface area contributed by atoms with Gasteiger partial charge in [-0.2, -0.15) is 5.26 Å². The van der Waals surface area contributed by atoms with Gasteiger partial charge < -0.3 is 14.4 Å². The van der Waals surface area contributed by atoms with Crippen LogP contribution in [0.5, 0.6) is 5.75 Å². The van der Waals surface area contributed by atoms with Crippen molar-refractivity contribution in [1.29, 1.82) is 5.26 Å². The van der Waals surface area contributed by atoms with E-state index in [9.17, 15) is 18.8 Å². The number of carbonyl (C=O) groups excluding carboxylic acids is 1. The Morgan fingerprint density at radius 2 is 1.86 bits per heavy atom. The molecule has 0 unspecified atom stereocenters. The van der Waals surface area contributed by atoms with E-state index >= 15 is 0 Å². The molecule has 5 nitrogen and oxygen atoms in total. The fourth-order valence-electron chi connectivity index (χ4n) is 5.11. The lowest BCUT2D eigenvalue weighted by Crippen LogP contribution is -2.38. The van der Waals surface area contributed by atoms with Crippen LogP contribution in [0.25, 0.3) is 0 Å². The van der Waals surface area contributed by atoms with Crippen molar-refractivity contribution in [3.63, 3.8) is 0 Å². The van der Waals surface area contributed by atoms with E-state index in [0.717, 1.165) is 60.6 Å². The molecule has 0 bridgehead atoms. The number of nitriles is 1. The highest BCUT2D eigenvalue weighted by Gasteiger charge is 2.53. The van der Waals surface area contributed by atoms with Crippen LogP contribution >= 0.6 is 11.9 Å². The van der Waals surface area contributed by atoms with Crippen molar-refractivity contribution < 1.29 is 18.3 Å². The molecule has 1 spiro atoms. The molecule has 1 amide bonds. The fourth-order valence-corrected chi connectivity index (χ4v) is 5.75. The number of anilines is 2. The van der Waals surface area contributed by atoms with Crippen LogP contribution < -0.4 is 14.4 Å². The maximum absolute atomic E-state index is 14.1. The second-order valence-corrected chi connectivity index (χ2v) is 9.69. The molecule has 1 aliphatic heterocycles. The molecule has 0 saturated heterocycles. The monoisotopic (exact) mass is 491 g/mol. The number of ether oxygens (including phenoxy) is 1. The Morgan fingerprint density at radius 1 is 1.11 bits per heavy atom. The molecule has 1 N–H and O–H groups in total. The SMILES string of the molecule is COc1ccc(CN2C(=O)C3(CCCC3)c3cc(NSc4ccc(F)cc4F)cc(C#N)c32)cc1. The lowest BCUT2D eigenvalue weighted by molar-refractivity contribution is -0.123. The molecular weight excluding hydrogens is 468 g/mol. The van der Waals surface area contributed by atoms with Crippen molar-refractivity contribution >= 4 is 29.2 Å². The predicted octanol–water partition coefficient (Wildman–Crippen LogP) is 6.32. The molecule has 0 aromatic heterocycles. The quantitative estimate of drug-likeness (QED) is 0.409. The van der Waals surface area contributed by atoms with Gasteiger partial charge >= 0.3 is 0 Å². The molecule has 0 radical (unpaired) electrons. The minimum Gasteiger partial charge on any atom is -0.497 e. The average Bonchev–Trinajstić information content (AvgIpc) is 3.44. The van der Waals surface area contributed by atoms with E-state index in [1.165, 1.54) is 12.1 Å². The third-order valence-electron chi connectivity index (χ3n) is 6.80. The molecule has 8 heteroatoms. The Kier molecular flexibility index (Phi) is 6.12. The molecule has 3 aromatic carbocycles. The Labute approximate surface area is 206 Å². The number of hydrogen-bond donors (Lipinski definition) is 1. The first-order chi connectivity index (χ1) is 16.9. The molecule has 2 aliphatic rings. The lowest BCUT2D eigenvalue weighted by atomic mass is 9.79. The van der Waals surface area contributed by atoms with Crippen LogP contribution in [-0.4, -0.2) is 13.0 Å². The maximum Gasteiger partial charge on any atom is 0.238 e. The summed E-state index contributed by atoms with van der Waals surface area (Å²) in [7, 11) is 1.60. The summed E-state index contributed by atoms with van der Waals surface area (Å²) in [6.07, 6.45) is 3.34. The number of nitrogens with one attached hydrogen (secondary N) is 1. The van der Waals surface area contributed by atoms with E-state index < -0.39 is 17.0 Å². The summed E-state index contributed by atoms with van der Waals surface area (Å²) in [5.74, 6) is -0.559. The van der Waals surface area contributed by atoms with Gasteiger partial charge in [-0.05, 0) is 72.3 Å². The second kappa shape index (κ2) is 9.23. The van der Waals surface area contributed by atoms with Gasteiger partial charge in [-0.25, -0.2) is 8.78 Å². The van der Waals surface area contributed by atoms with Crippen LogP contribution in [0.1, 0.15) is 42.4 Å². The smallest absolute Gasteiger partial charge is 0.238 e. The van der Waals surface area contributed by atoms with Crippen molar-refractivity contribution in [1.82, 2.24) is 0 Å². The van der Waals surface area contributed by atoms with Crippen LogP contribution in [0.3, 0.4) is 0 Å². The van der Waals surface area contributed by atoms with Gasteiger partial charge in [0.2, 0.25) is 5.91 Å². The van der Waals surface area contributed by atoms with Crippen molar-refractivity contribution in [2.45, 2.75) is 42.5 Å². The molecule has 1 heterocycles. The zero-order chi connectivity index (χ0) is 24.6. The molecule has 3 aromatic rings. The summed E-state index contributed by atoms with van der Waals surface area (Å²) in [5, 5.41) is 10.0. The van der Waals surface area contributed by atoms with Crippen LogP contribution in [-0.2, 0) is 16.8 Å². The standard InChI is InChI=1S/C27H23F2N3O2S/c1-34-21-7-4-17(5-8-21)16-32-25-18(15-30)12-20(31-35-24-9-6-19(28)13-23(24)29)14-22(25)27(26(32)33)10-2-3-11-27/h4-9,12-14,31H,2-3,10-11,16H2,1H3. The Morgan fingerprint density at radius 3 is 2.51 bits per heavy atom. The van der Waals surface area contributed by atoms with E-state index in [0.29, 0.717) is 23.5 Å². The summed E-state index contributed by atoms with van der Waals surface area (Å²) < 4.78 is 35.7. The molecule has 35 heavy (non-hydrogen) atoms. The summed E-state index contributed by atoms with van der Waals surface area (Å²) >= 11 is 1.00. The molecule has 5 rings (SSSR count). The first-order valence-electron chi connectivity index (χ1n) is 11.4. The van der Waals surface area contributed by atoms with Crippen LogP contribution in [0.15, 0.2) is 59.5 Å². The van der Waals surface area contributed by atoms with Crippen molar-refractivity contribution in [3.05, 3.63) is 82.9 Å². The number of fused-ring (bicyclic) bond motifs is 2. The first-order valence-corrected chi connectivity index (χ1v) is 12.2. The predicted molar refractivity (Wildman–Crippen MR) is 131 cm³/mol. The van der Waals surface area contributed by atoms with Crippen LogP contribution in [0.4, 0.5) is 20.2 Å². The summed E-state index contributed by atoms with van der Waals surface area (Å²) in [6.45, 7) is 0.356. The minimum atomic E-state index is -0.669. The normalized spacial score (nSPS) is 15.8. The van der Waals surface area contributed by atoms with E-state index in [1.807, 2.05) is 30.3 Å². The van der Waals surface area contributed by atoms with Gasteiger partial charge in [0.25, 0.3) is 0 Å². The molecule has 1 fully saturated rings. The highest BCUT2D eigenvalue weighted by Crippen LogP contribution is 2.53. The molecule has 0 atom stereocenters. The van der Waals surface area contributed by atoms with Crippen molar-refractivity contribution in [2.75, 3.05) is 16.7 Å². The van der Waals surface area contributed by atoms with E-state index in [1.54, 1.807) is 18.1 Å². The molecule has 1 saturated carbocycles. The molecule has 178 valence electrons. The Bertz CT molecular complexity index is 1330. The number of benzene rings is 3. The highest BCUT2D eigenvalue weighted by molar-refractivity contribution is 8.00. The number of rotatable bonds is 6. The van der Waals surface area contributed by atoms with Gasteiger partial charge in [-0.1, -0.05) is 25.0 Å². The number of halogens is 2. The van der Waals surface area contributed by atoms with Crippen molar-refractivity contribution in [2.24, 2.45) is 0 Å². The number of amides is 1. The number of hydrogen-bond acceptors (Lipinski definition) is 5. The summed E-state index contributed by atoms with van der Waals surface area (Å²) in [4.78, 5) is 15.8. The number of carbonyl (C=O) groups is 1. The lowest BCUT2D eigenvalue weighted by Gasteiger charge is -2.23. The number of methoxy groups -OCH3 is 1. The molecular formula is C27H23F2N3O2S. The molecule has 1 aliphatic carbocycles. The van der Waals surface area contributed by atoms with Gasteiger partial charge in [0, 0.05) is 11.8 Å². The van der Waals surface area contributed by atoms with Crippen LogP contribution in [0, 0.1) is 23.0 Å². The summed E-state index contributed by atoms with van der Waals surface area (Å²) in [6, 6.07) is 16.8. The third kappa shape index (κ3) is 4.10. The van der Waals surface area contributed by atoms with E-state index in [2.05, 4.69) is 10.8 Å². The van der Waals surface area contributed by atoms with Crippen LogP contribution in [0.2, 0.25) is 0 Å². The third-order valence-corrected chi connectivity index (χ3v) is 7.69. The van der Waals surface area contributed by atoms with E-state index in [-0.39, 0.29) is 10.8 Å². The zero-order valence-corrected chi connectivity index (χ0v) is 19.9. The Hall–Kier alpha value is -3.57. The fraction of sp³-hybridized carbons (Fsp3) is 0.259. The van der Waals surface area contributed by atoms with E-state index in [4.69, 9.17) is 4.74 Å². The van der Waals surface area contributed by atoms with Crippen molar-refractivity contribution in [3.8, 4) is 11.8 Å². The topological polar surface area (TPSA) is 65.4 Å². The van der Waals surface area contributed by atoms with Gasteiger partial charge in [0.1, 0.15) is 23.5 Å². The maximum atomic E-state index is 14.1. The van der Waals surface area contributed by atoms with Gasteiger partial charge in [-0.3, -0.25) is 4.79 Å². The summed E-state index contributed by atoms with van der Waals surface area (Å²) in [5.41, 5.74) is 2.76. The number of nitrogens with zero attached hydrogens (tertiary/aromatic N) is 2. The highest BCUT2D eigenvalue weighted by atomic mass is 32.2.